The third kappa shape index (κ3) is 5.85. The number of benzene rings is 2. The Morgan fingerprint density at radius 1 is 1.06 bits per heavy atom. The highest BCUT2D eigenvalue weighted by atomic mass is 32.1. The van der Waals surface area contributed by atoms with Crippen LogP contribution in [0, 0.1) is 0 Å². The summed E-state index contributed by atoms with van der Waals surface area (Å²) in [5, 5.41) is 5.02. The van der Waals surface area contributed by atoms with Gasteiger partial charge in [-0.05, 0) is 36.8 Å². The molecule has 0 aliphatic rings. The van der Waals surface area contributed by atoms with Crippen LogP contribution in [0.2, 0.25) is 0 Å². The topological polar surface area (TPSA) is 80.8 Å². The number of hydrogen-bond acceptors (Lipinski definition) is 6. The molecule has 8 heteroatoms. The summed E-state index contributed by atoms with van der Waals surface area (Å²) >= 11 is 1.29. The van der Waals surface area contributed by atoms with E-state index in [0.717, 1.165) is 18.5 Å². The van der Waals surface area contributed by atoms with Gasteiger partial charge in [-0.15, -0.1) is 11.3 Å². The Morgan fingerprint density at radius 3 is 2.50 bits per heavy atom. The van der Waals surface area contributed by atoms with E-state index in [1.54, 1.807) is 28.5 Å². The van der Waals surface area contributed by atoms with E-state index in [1.165, 1.54) is 25.6 Å². The second kappa shape index (κ2) is 11.3. The Hall–Kier alpha value is -3.39. The van der Waals surface area contributed by atoms with Crippen molar-refractivity contribution in [2.75, 3.05) is 31.0 Å². The Balaban J connectivity index is 1.67. The number of aromatic nitrogens is 1. The summed E-state index contributed by atoms with van der Waals surface area (Å²) in [6.45, 7) is 2.76. The molecule has 0 fully saturated rings. The van der Waals surface area contributed by atoms with Gasteiger partial charge in [-0.2, -0.15) is 0 Å². The molecule has 168 valence electrons. The van der Waals surface area contributed by atoms with E-state index >= 15 is 0 Å². The van der Waals surface area contributed by atoms with Crippen LogP contribution in [-0.2, 0) is 11.2 Å². The van der Waals surface area contributed by atoms with Crippen LogP contribution >= 0.6 is 11.3 Å². The predicted molar refractivity (Wildman–Crippen MR) is 127 cm³/mol. The van der Waals surface area contributed by atoms with Gasteiger partial charge < -0.3 is 14.4 Å². The molecular weight excluding hydrogens is 426 g/mol. The smallest absolute Gasteiger partial charge is 0.257 e. The maximum Gasteiger partial charge on any atom is 0.257 e. The van der Waals surface area contributed by atoms with Crippen LogP contribution in [-0.4, -0.2) is 37.6 Å². The molecule has 0 saturated carbocycles. The highest BCUT2D eigenvalue weighted by molar-refractivity contribution is 7.14. The monoisotopic (exact) mass is 453 g/mol. The molecule has 3 aromatic rings. The van der Waals surface area contributed by atoms with Crippen molar-refractivity contribution in [3.05, 3.63) is 65.2 Å². The lowest BCUT2D eigenvalue weighted by molar-refractivity contribution is -0.118. The zero-order chi connectivity index (χ0) is 22.9. The van der Waals surface area contributed by atoms with Crippen LogP contribution in [0.15, 0.2) is 53.9 Å². The number of carbonyl (C=O) groups is 2. The normalized spacial score (nSPS) is 10.5. The number of ether oxygens (including phenoxy) is 2. The summed E-state index contributed by atoms with van der Waals surface area (Å²) in [4.78, 5) is 31.8. The molecule has 2 aromatic carbocycles. The van der Waals surface area contributed by atoms with E-state index in [4.69, 9.17) is 9.47 Å². The summed E-state index contributed by atoms with van der Waals surface area (Å²) in [6.07, 6.45) is 2.09. The molecule has 1 N–H and O–H groups in total. The summed E-state index contributed by atoms with van der Waals surface area (Å²) in [7, 11) is 3.06. The van der Waals surface area contributed by atoms with Crippen molar-refractivity contribution in [1.82, 2.24) is 4.98 Å². The first-order valence-electron chi connectivity index (χ1n) is 10.4. The summed E-state index contributed by atoms with van der Waals surface area (Å²) < 4.78 is 10.5. The van der Waals surface area contributed by atoms with Crippen molar-refractivity contribution in [1.29, 1.82) is 0 Å². The number of carbonyl (C=O) groups excluding carboxylic acids is 2. The molecule has 0 radical (unpaired) electrons. The molecule has 7 nitrogen and oxygen atoms in total. The number of para-hydroxylation sites is 1. The fourth-order valence-electron chi connectivity index (χ4n) is 3.16. The standard InChI is InChI=1S/C24H27N3O4S/c1-4-5-13-27(19-9-7-6-8-10-19)22(28)15-18-16-32-24(25-18)26-23(29)17-11-12-20(30-2)21(14-17)31-3/h6-12,14,16H,4-5,13,15H2,1-3H3,(H,25,26,29). The number of methoxy groups -OCH3 is 2. The number of nitrogens with one attached hydrogen (secondary N) is 1. The van der Waals surface area contributed by atoms with Gasteiger partial charge in [0.25, 0.3) is 5.91 Å². The first kappa shape index (κ1) is 23.3. The van der Waals surface area contributed by atoms with Crippen molar-refractivity contribution in [2.24, 2.45) is 0 Å². The first-order chi connectivity index (χ1) is 15.5. The van der Waals surface area contributed by atoms with Gasteiger partial charge in [0, 0.05) is 23.2 Å². The Morgan fingerprint density at radius 2 is 1.81 bits per heavy atom. The van der Waals surface area contributed by atoms with E-state index in [-0.39, 0.29) is 18.2 Å². The number of anilines is 2. The van der Waals surface area contributed by atoms with Crippen LogP contribution in [0.1, 0.15) is 35.8 Å². The van der Waals surface area contributed by atoms with Crippen LogP contribution in [0.4, 0.5) is 10.8 Å². The Bertz CT molecular complexity index is 1050. The van der Waals surface area contributed by atoms with Crippen LogP contribution < -0.4 is 19.7 Å². The molecule has 1 heterocycles. The second-order valence-corrected chi connectivity index (χ2v) is 7.94. The number of hydrogen-bond donors (Lipinski definition) is 1. The summed E-state index contributed by atoms with van der Waals surface area (Å²) in [6, 6.07) is 14.6. The maximum atomic E-state index is 13.0. The number of thiazole rings is 1. The van der Waals surface area contributed by atoms with Gasteiger partial charge in [0.1, 0.15) is 0 Å². The molecule has 0 atom stereocenters. The molecule has 0 aliphatic heterocycles. The lowest BCUT2D eigenvalue weighted by atomic mass is 10.2. The highest BCUT2D eigenvalue weighted by Crippen LogP contribution is 2.28. The van der Waals surface area contributed by atoms with Gasteiger partial charge in [0.05, 0.1) is 26.3 Å². The highest BCUT2D eigenvalue weighted by Gasteiger charge is 2.18. The first-order valence-corrected chi connectivity index (χ1v) is 11.3. The van der Waals surface area contributed by atoms with Crippen molar-refractivity contribution < 1.29 is 19.1 Å². The van der Waals surface area contributed by atoms with E-state index in [2.05, 4.69) is 17.2 Å². The van der Waals surface area contributed by atoms with Gasteiger partial charge >= 0.3 is 0 Å². The van der Waals surface area contributed by atoms with Gasteiger partial charge in [-0.1, -0.05) is 31.5 Å². The van der Waals surface area contributed by atoms with E-state index in [0.29, 0.717) is 34.4 Å². The maximum absolute atomic E-state index is 13.0. The molecule has 0 spiro atoms. The van der Waals surface area contributed by atoms with Gasteiger partial charge in [0.15, 0.2) is 16.6 Å². The van der Waals surface area contributed by atoms with Gasteiger partial charge in [0.2, 0.25) is 5.91 Å². The van der Waals surface area contributed by atoms with E-state index in [9.17, 15) is 9.59 Å². The number of rotatable bonds is 10. The third-order valence-electron chi connectivity index (χ3n) is 4.85. The summed E-state index contributed by atoms with van der Waals surface area (Å²) in [5.41, 5.74) is 1.92. The minimum atomic E-state index is -0.313. The zero-order valence-electron chi connectivity index (χ0n) is 18.5. The van der Waals surface area contributed by atoms with Gasteiger partial charge in [-0.3, -0.25) is 14.9 Å². The fourth-order valence-corrected chi connectivity index (χ4v) is 3.87. The molecule has 1 aromatic heterocycles. The quantitative estimate of drug-likeness (QED) is 0.477. The fraction of sp³-hybridized carbons (Fsp3) is 0.292. The zero-order valence-corrected chi connectivity index (χ0v) is 19.3. The van der Waals surface area contributed by atoms with Crippen molar-refractivity contribution >= 4 is 34.0 Å². The number of unbranched alkanes of at least 4 members (excludes halogenated alkanes) is 1. The van der Waals surface area contributed by atoms with Crippen LogP contribution in [0.3, 0.4) is 0 Å². The molecule has 3 rings (SSSR count). The second-order valence-electron chi connectivity index (χ2n) is 7.08. The average molecular weight is 454 g/mol. The molecule has 32 heavy (non-hydrogen) atoms. The Kier molecular flexibility index (Phi) is 8.21. The van der Waals surface area contributed by atoms with Crippen molar-refractivity contribution in [3.63, 3.8) is 0 Å². The largest absolute Gasteiger partial charge is 0.493 e. The molecule has 0 saturated heterocycles. The average Bonchev–Trinajstić information content (AvgIpc) is 3.25. The molecule has 2 amide bonds. The lowest BCUT2D eigenvalue weighted by Gasteiger charge is -2.22. The minimum Gasteiger partial charge on any atom is -0.493 e. The van der Waals surface area contributed by atoms with Crippen LogP contribution in [0.5, 0.6) is 11.5 Å². The molecular formula is C24H27N3O4S. The number of amides is 2. The van der Waals surface area contributed by atoms with E-state index < -0.39 is 0 Å². The van der Waals surface area contributed by atoms with E-state index in [1.807, 2.05) is 30.3 Å². The Labute approximate surface area is 192 Å². The van der Waals surface area contributed by atoms with Crippen LogP contribution in [0.25, 0.3) is 0 Å². The summed E-state index contributed by atoms with van der Waals surface area (Å²) in [5.74, 6) is 0.684. The predicted octanol–water partition coefficient (Wildman–Crippen LogP) is 4.79. The third-order valence-corrected chi connectivity index (χ3v) is 5.66. The number of nitrogens with zero attached hydrogens (tertiary/aromatic N) is 2. The van der Waals surface area contributed by atoms with Crippen molar-refractivity contribution in [3.8, 4) is 11.5 Å². The molecule has 0 bridgehead atoms. The minimum absolute atomic E-state index is 0.0206. The SMILES string of the molecule is CCCCN(C(=O)Cc1csc(NC(=O)c2ccc(OC)c(OC)c2)n1)c1ccccc1. The molecule has 0 aliphatic carbocycles. The lowest BCUT2D eigenvalue weighted by Crippen LogP contribution is -2.33. The van der Waals surface area contributed by atoms with Gasteiger partial charge in [-0.25, -0.2) is 4.98 Å². The van der Waals surface area contributed by atoms with Crippen molar-refractivity contribution in [2.45, 2.75) is 26.2 Å². The molecule has 0 unspecified atom stereocenters.